The maximum atomic E-state index is 13.1. The third kappa shape index (κ3) is 4.22. The molecule has 1 unspecified atom stereocenters. The van der Waals surface area contributed by atoms with E-state index in [1.807, 2.05) is 0 Å². The van der Waals surface area contributed by atoms with Crippen LogP contribution in [0.15, 0.2) is 36.4 Å². The first kappa shape index (κ1) is 20.4. The van der Waals surface area contributed by atoms with Crippen LogP contribution >= 0.6 is 0 Å². The topological polar surface area (TPSA) is 90.7 Å². The van der Waals surface area contributed by atoms with Crippen molar-refractivity contribution < 1.29 is 33.0 Å². The summed E-state index contributed by atoms with van der Waals surface area (Å²) < 4.78 is 39.3. The summed E-state index contributed by atoms with van der Waals surface area (Å²) in [6, 6.07) is 7.15. The Morgan fingerprint density at radius 3 is 2.59 bits per heavy atom. The van der Waals surface area contributed by atoms with E-state index in [1.165, 1.54) is 23.1 Å². The van der Waals surface area contributed by atoms with Gasteiger partial charge in [-0.05, 0) is 24.3 Å². The first-order valence-electron chi connectivity index (χ1n) is 8.44. The lowest BCUT2D eigenvalue weighted by Crippen LogP contribution is -2.37. The molecule has 0 bridgehead atoms. The maximum absolute atomic E-state index is 13.1. The molecule has 9 heteroatoms. The number of carbonyl (C=O) groups excluding carboxylic acids is 1. The second kappa shape index (κ2) is 7.22. The molecule has 2 heterocycles. The summed E-state index contributed by atoms with van der Waals surface area (Å²) in [4.78, 5) is 28.3. The van der Waals surface area contributed by atoms with Crippen molar-refractivity contribution in [1.29, 1.82) is 0 Å². The number of carbonyl (C=O) groups is 2. The van der Waals surface area contributed by atoms with Gasteiger partial charge < -0.3 is 15.1 Å². The lowest BCUT2D eigenvalue weighted by Gasteiger charge is -2.13. The monoisotopic (exact) mass is 404 g/mol. The van der Waals surface area contributed by atoms with Crippen molar-refractivity contribution in [3.8, 4) is 23.1 Å². The van der Waals surface area contributed by atoms with Crippen LogP contribution in [0.3, 0.4) is 0 Å². The lowest BCUT2D eigenvalue weighted by atomic mass is 10.0. The highest BCUT2D eigenvalue weighted by Crippen LogP contribution is 2.32. The number of aromatic carboxylic acids is 1. The zero-order valence-corrected chi connectivity index (χ0v) is 15.1. The molecule has 1 atom stereocenters. The van der Waals surface area contributed by atoms with Crippen molar-refractivity contribution in [2.75, 3.05) is 13.6 Å². The highest BCUT2D eigenvalue weighted by molar-refractivity contribution is 5.90. The van der Waals surface area contributed by atoms with Crippen LogP contribution in [-0.2, 0) is 11.0 Å². The number of carboxylic acids is 1. The van der Waals surface area contributed by atoms with Crippen LogP contribution in [-0.4, -0.2) is 51.2 Å². The van der Waals surface area contributed by atoms with Gasteiger partial charge >= 0.3 is 12.1 Å². The highest BCUT2D eigenvalue weighted by Gasteiger charge is 2.42. The quantitative estimate of drug-likeness (QED) is 0.751. The average Bonchev–Trinajstić information content (AvgIpc) is 2.93. The van der Waals surface area contributed by atoms with E-state index in [0.717, 1.165) is 6.07 Å². The minimum atomic E-state index is -4.74. The van der Waals surface area contributed by atoms with E-state index in [-0.39, 0.29) is 17.7 Å². The van der Waals surface area contributed by atoms with E-state index in [2.05, 4.69) is 16.8 Å². The van der Waals surface area contributed by atoms with Gasteiger partial charge in [-0.3, -0.25) is 4.79 Å². The van der Waals surface area contributed by atoms with Gasteiger partial charge in [-0.1, -0.05) is 24.0 Å². The Morgan fingerprint density at radius 2 is 2.00 bits per heavy atom. The number of benzene rings is 1. The smallest absolute Gasteiger partial charge is 0.416 e. The van der Waals surface area contributed by atoms with Crippen molar-refractivity contribution >= 4 is 11.9 Å². The number of aromatic nitrogens is 1. The normalized spacial score (nSPS) is 19.1. The number of nitrogens with zero attached hydrogens (tertiary/aromatic N) is 2. The number of pyridine rings is 1. The van der Waals surface area contributed by atoms with Crippen LogP contribution in [0.1, 0.15) is 28.0 Å². The van der Waals surface area contributed by atoms with Gasteiger partial charge in [-0.25, -0.2) is 9.78 Å². The summed E-state index contributed by atoms with van der Waals surface area (Å²) in [6.45, 7) is 0.357. The highest BCUT2D eigenvalue weighted by atomic mass is 19.4. The number of likely N-dealkylation sites (N-methyl/N-ethyl adjacent to an activating group) is 1. The number of alkyl halides is 3. The molecule has 0 spiro atoms. The molecule has 1 aliphatic heterocycles. The number of carboxylic acid groups (broad SMARTS) is 1. The number of hydrogen-bond donors (Lipinski definition) is 2. The number of likely N-dealkylation sites (tertiary alicyclic amines) is 1. The molecule has 3 rings (SSSR count). The van der Waals surface area contributed by atoms with Crippen molar-refractivity contribution in [3.63, 3.8) is 0 Å². The van der Waals surface area contributed by atoms with Gasteiger partial charge in [0, 0.05) is 31.1 Å². The van der Waals surface area contributed by atoms with Crippen molar-refractivity contribution in [1.82, 2.24) is 9.88 Å². The predicted octanol–water partition coefficient (Wildman–Crippen LogP) is 2.41. The maximum Gasteiger partial charge on any atom is 0.416 e. The van der Waals surface area contributed by atoms with Crippen LogP contribution in [0.25, 0.3) is 11.3 Å². The largest absolute Gasteiger partial charge is 0.477 e. The summed E-state index contributed by atoms with van der Waals surface area (Å²) in [5, 5.41) is 19.4. The Kier molecular flexibility index (Phi) is 5.07. The zero-order valence-electron chi connectivity index (χ0n) is 15.1. The van der Waals surface area contributed by atoms with Gasteiger partial charge in [0.05, 0.1) is 11.3 Å². The Labute approximate surface area is 163 Å². The van der Waals surface area contributed by atoms with Crippen molar-refractivity contribution in [2.45, 2.75) is 18.2 Å². The Hall–Kier alpha value is -3.38. The van der Waals surface area contributed by atoms with E-state index < -0.39 is 34.9 Å². The van der Waals surface area contributed by atoms with E-state index in [9.17, 15) is 27.9 Å². The molecule has 6 nitrogen and oxygen atoms in total. The molecule has 0 radical (unpaired) electrons. The van der Waals surface area contributed by atoms with E-state index >= 15 is 0 Å². The SMILES string of the molecule is CN1CCC(O)(C#Cc2cccc(-c3cc(C(F)(F)F)cc(C(=O)O)n3)c2)C1=O. The van der Waals surface area contributed by atoms with Gasteiger partial charge in [-0.2, -0.15) is 13.2 Å². The molecule has 29 heavy (non-hydrogen) atoms. The van der Waals surface area contributed by atoms with Crippen LogP contribution in [0.5, 0.6) is 0 Å². The molecule has 1 aromatic heterocycles. The number of rotatable bonds is 2. The Bertz CT molecular complexity index is 1060. The minimum Gasteiger partial charge on any atom is -0.477 e. The van der Waals surface area contributed by atoms with Gasteiger partial charge in [0.1, 0.15) is 5.69 Å². The van der Waals surface area contributed by atoms with Crippen LogP contribution in [0.2, 0.25) is 0 Å². The van der Waals surface area contributed by atoms with Crippen LogP contribution in [0.4, 0.5) is 13.2 Å². The molecule has 1 saturated heterocycles. The summed E-state index contributed by atoms with van der Waals surface area (Å²) in [7, 11) is 1.54. The van der Waals surface area contributed by atoms with Gasteiger partial charge in [0.25, 0.3) is 5.91 Å². The molecule has 0 aliphatic carbocycles. The standard InChI is InChI=1S/C20H15F3N2O4/c1-25-8-7-19(29,18(25)28)6-5-12-3-2-4-13(9-12)15-10-14(20(21,22)23)11-16(24-15)17(26)27/h2-4,9-11,29H,7-8H2,1H3,(H,26,27). The molecule has 2 N–H and O–H groups in total. The zero-order chi connectivity index (χ0) is 21.4. The molecule has 1 aromatic carbocycles. The second-order valence-electron chi connectivity index (χ2n) is 6.60. The van der Waals surface area contributed by atoms with E-state index in [1.54, 1.807) is 13.1 Å². The summed E-state index contributed by atoms with van der Waals surface area (Å²) in [5.74, 6) is 3.07. The van der Waals surface area contributed by atoms with Crippen LogP contribution in [0, 0.1) is 11.8 Å². The molecule has 150 valence electrons. The minimum absolute atomic E-state index is 0.145. The molecular formula is C20H15F3N2O4. The fourth-order valence-electron chi connectivity index (χ4n) is 2.85. The Morgan fingerprint density at radius 1 is 1.28 bits per heavy atom. The van der Waals surface area contributed by atoms with E-state index in [4.69, 9.17) is 5.11 Å². The molecule has 1 amide bonds. The van der Waals surface area contributed by atoms with Crippen molar-refractivity contribution in [2.24, 2.45) is 0 Å². The molecule has 2 aromatic rings. The van der Waals surface area contributed by atoms with Gasteiger partial charge in [-0.15, -0.1) is 0 Å². The predicted molar refractivity (Wildman–Crippen MR) is 95.7 cm³/mol. The summed E-state index contributed by atoms with van der Waals surface area (Å²) in [6.07, 6.45) is -4.59. The fourth-order valence-corrected chi connectivity index (χ4v) is 2.85. The third-order valence-corrected chi connectivity index (χ3v) is 4.45. The van der Waals surface area contributed by atoms with Crippen LogP contribution < -0.4 is 0 Å². The molecular weight excluding hydrogens is 389 g/mol. The molecule has 1 aliphatic rings. The molecule has 1 fully saturated rings. The van der Waals surface area contributed by atoms with Gasteiger partial charge in [0.15, 0.2) is 0 Å². The number of halogens is 3. The lowest BCUT2D eigenvalue weighted by molar-refractivity contribution is -0.138. The van der Waals surface area contributed by atoms with Gasteiger partial charge in [0.2, 0.25) is 5.60 Å². The number of hydrogen-bond acceptors (Lipinski definition) is 4. The van der Waals surface area contributed by atoms with Crippen molar-refractivity contribution in [3.05, 3.63) is 53.2 Å². The van der Waals surface area contributed by atoms with E-state index in [0.29, 0.717) is 18.2 Å². The molecule has 0 saturated carbocycles. The number of amides is 1. The second-order valence-corrected chi connectivity index (χ2v) is 6.60. The summed E-state index contributed by atoms with van der Waals surface area (Å²) in [5.41, 5.74) is -3.32. The third-order valence-electron chi connectivity index (χ3n) is 4.45. The first-order valence-corrected chi connectivity index (χ1v) is 8.44. The summed E-state index contributed by atoms with van der Waals surface area (Å²) >= 11 is 0. The number of aliphatic hydroxyl groups is 1. The first-order chi connectivity index (χ1) is 13.5. The average molecular weight is 404 g/mol. The Balaban J connectivity index is 2.01. The fraction of sp³-hybridized carbons (Fsp3) is 0.250.